The number of aliphatic carboxylic acids is 1. The van der Waals surface area contributed by atoms with Crippen molar-refractivity contribution < 1.29 is 19.4 Å². The molecule has 1 fully saturated rings. The molecular weight excluding hydrogens is 236 g/mol. The highest BCUT2D eigenvalue weighted by atomic mass is 16.6. The predicted octanol–water partition coefficient (Wildman–Crippen LogP) is 1.06. The van der Waals surface area contributed by atoms with Crippen LogP contribution in [0.25, 0.3) is 0 Å². The monoisotopic (exact) mass is 258 g/mol. The quantitative estimate of drug-likeness (QED) is 0.735. The molecule has 1 heterocycles. The van der Waals surface area contributed by atoms with Crippen LogP contribution in [0.2, 0.25) is 0 Å². The van der Waals surface area contributed by atoms with Crippen molar-refractivity contribution in [1.82, 2.24) is 10.2 Å². The van der Waals surface area contributed by atoms with Crippen LogP contribution in [-0.2, 0) is 9.53 Å². The van der Waals surface area contributed by atoms with Crippen molar-refractivity contribution in [3.8, 4) is 0 Å². The SMILES string of the molecule is CC(C)(C)OC(=O)N1CCCNC(C)(C(=O)O)C1. The van der Waals surface area contributed by atoms with Crippen LogP contribution in [-0.4, -0.2) is 52.8 Å². The molecule has 0 aromatic carbocycles. The fraction of sp³-hybridized carbons (Fsp3) is 0.833. The van der Waals surface area contributed by atoms with Crippen LogP contribution in [0, 0.1) is 0 Å². The van der Waals surface area contributed by atoms with E-state index in [0.717, 1.165) is 0 Å². The van der Waals surface area contributed by atoms with Crippen molar-refractivity contribution in [2.24, 2.45) is 0 Å². The molecule has 1 atom stereocenters. The fourth-order valence-electron chi connectivity index (χ4n) is 1.78. The summed E-state index contributed by atoms with van der Waals surface area (Å²) in [4.78, 5) is 24.7. The molecule has 1 aliphatic heterocycles. The Labute approximate surface area is 107 Å². The lowest BCUT2D eigenvalue weighted by Gasteiger charge is -2.31. The number of ether oxygens (including phenoxy) is 1. The van der Waals surface area contributed by atoms with E-state index in [1.54, 1.807) is 27.7 Å². The molecule has 0 bridgehead atoms. The minimum atomic E-state index is -1.12. The molecule has 2 N–H and O–H groups in total. The zero-order valence-corrected chi connectivity index (χ0v) is 11.4. The summed E-state index contributed by atoms with van der Waals surface area (Å²) in [5.74, 6) is -0.960. The topological polar surface area (TPSA) is 78.9 Å². The second-order valence-electron chi connectivity index (χ2n) is 5.82. The van der Waals surface area contributed by atoms with Crippen molar-refractivity contribution in [3.05, 3.63) is 0 Å². The summed E-state index contributed by atoms with van der Waals surface area (Å²) in [7, 11) is 0. The maximum Gasteiger partial charge on any atom is 0.410 e. The minimum Gasteiger partial charge on any atom is -0.480 e. The summed E-state index contributed by atoms with van der Waals surface area (Å²) >= 11 is 0. The lowest BCUT2D eigenvalue weighted by atomic mass is 10.0. The van der Waals surface area contributed by atoms with Gasteiger partial charge >= 0.3 is 12.1 Å². The molecule has 0 saturated carbocycles. The van der Waals surface area contributed by atoms with Crippen LogP contribution in [0.4, 0.5) is 4.79 Å². The highest BCUT2D eigenvalue weighted by Crippen LogP contribution is 2.16. The van der Waals surface area contributed by atoms with E-state index in [2.05, 4.69) is 5.32 Å². The Bertz CT molecular complexity index is 337. The number of nitrogens with zero attached hydrogens (tertiary/aromatic N) is 1. The first-order chi connectivity index (χ1) is 8.14. The smallest absolute Gasteiger partial charge is 0.410 e. The molecule has 1 saturated heterocycles. The molecule has 6 nitrogen and oxygen atoms in total. The fourth-order valence-corrected chi connectivity index (χ4v) is 1.78. The number of hydrogen-bond acceptors (Lipinski definition) is 4. The van der Waals surface area contributed by atoms with Gasteiger partial charge in [0.25, 0.3) is 0 Å². The molecule has 1 rings (SSSR count). The van der Waals surface area contributed by atoms with Crippen molar-refractivity contribution >= 4 is 12.1 Å². The Morgan fingerprint density at radius 2 is 2.00 bits per heavy atom. The van der Waals surface area contributed by atoms with Gasteiger partial charge in [-0.3, -0.25) is 4.79 Å². The van der Waals surface area contributed by atoms with Crippen LogP contribution in [0.3, 0.4) is 0 Å². The standard InChI is InChI=1S/C12H22N2O4/c1-11(2,3)18-10(17)14-7-5-6-13-12(4,8-14)9(15)16/h13H,5-8H2,1-4H3,(H,15,16). The molecule has 1 amide bonds. The number of rotatable bonds is 1. The predicted molar refractivity (Wildman–Crippen MR) is 66.5 cm³/mol. The van der Waals surface area contributed by atoms with Crippen LogP contribution in [0.1, 0.15) is 34.1 Å². The van der Waals surface area contributed by atoms with E-state index >= 15 is 0 Å². The van der Waals surface area contributed by atoms with E-state index in [4.69, 9.17) is 4.74 Å². The molecule has 6 heteroatoms. The van der Waals surface area contributed by atoms with Gasteiger partial charge < -0.3 is 20.1 Å². The number of carboxylic acid groups (broad SMARTS) is 1. The highest BCUT2D eigenvalue weighted by Gasteiger charge is 2.38. The van der Waals surface area contributed by atoms with E-state index in [1.165, 1.54) is 4.90 Å². The van der Waals surface area contributed by atoms with Gasteiger partial charge in [0.15, 0.2) is 0 Å². The number of carboxylic acids is 1. The third-order valence-corrected chi connectivity index (χ3v) is 2.75. The summed E-state index contributed by atoms with van der Waals surface area (Å²) in [5, 5.41) is 12.2. The van der Waals surface area contributed by atoms with E-state index in [-0.39, 0.29) is 6.54 Å². The Kier molecular flexibility index (Phi) is 4.21. The lowest BCUT2D eigenvalue weighted by Crippen LogP contribution is -2.56. The zero-order valence-electron chi connectivity index (χ0n) is 11.4. The van der Waals surface area contributed by atoms with Gasteiger partial charge in [0.2, 0.25) is 0 Å². The van der Waals surface area contributed by atoms with Crippen molar-refractivity contribution in [3.63, 3.8) is 0 Å². The van der Waals surface area contributed by atoms with Gasteiger partial charge in [-0.15, -0.1) is 0 Å². The third-order valence-electron chi connectivity index (χ3n) is 2.75. The molecule has 0 aromatic heterocycles. The van der Waals surface area contributed by atoms with Crippen LogP contribution in [0.15, 0.2) is 0 Å². The van der Waals surface area contributed by atoms with Gasteiger partial charge in [-0.05, 0) is 40.7 Å². The second kappa shape index (κ2) is 5.14. The summed E-state index contributed by atoms with van der Waals surface area (Å²) in [6.07, 6.45) is 0.251. The van der Waals surface area contributed by atoms with Crippen molar-refractivity contribution in [2.45, 2.75) is 45.3 Å². The molecule has 1 aliphatic rings. The molecule has 0 radical (unpaired) electrons. The van der Waals surface area contributed by atoms with Gasteiger partial charge in [-0.1, -0.05) is 0 Å². The normalized spacial score (nSPS) is 25.4. The first-order valence-electron chi connectivity index (χ1n) is 6.10. The Morgan fingerprint density at radius 3 is 2.50 bits per heavy atom. The van der Waals surface area contributed by atoms with E-state index in [9.17, 15) is 14.7 Å². The Hall–Kier alpha value is -1.30. The summed E-state index contributed by atoms with van der Waals surface area (Å²) < 4.78 is 5.27. The van der Waals surface area contributed by atoms with Gasteiger partial charge in [0, 0.05) is 6.54 Å². The Balaban J connectivity index is 2.76. The summed E-state index contributed by atoms with van der Waals surface area (Å²) in [6, 6.07) is 0. The lowest BCUT2D eigenvalue weighted by molar-refractivity contribution is -0.144. The van der Waals surface area contributed by atoms with E-state index in [0.29, 0.717) is 19.5 Å². The molecule has 0 spiro atoms. The van der Waals surface area contributed by atoms with Crippen LogP contribution in [0.5, 0.6) is 0 Å². The number of amides is 1. The van der Waals surface area contributed by atoms with Gasteiger partial charge in [-0.25, -0.2) is 4.79 Å². The van der Waals surface area contributed by atoms with Crippen LogP contribution >= 0.6 is 0 Å². The molecule has 18 heavy (non-hydrogen) atoms. The molecule has 104 valence electrons. The zero-order chi connectivity index (χ0) is 14.0. The number of hydrogen-bond donors (Lipinski definition) is 2. The van der Waals surface area contributed by atoms with Gasteiger partial charge in [-0.2, -0.15) is 0 Å². The molecule has 1 unspecified atom stereocenters. The van der Waals surface area contributed by atoms with Crippen LogP contribution < -0.4 is 5.32 Å². The van der Waals surface area contributed by atoms with E-state index < -0.39 is 23.2 Å². The van der Waals surface area contributed by atoms with E-state index in [1.807, 2.05) is 0 Å². The maximum atomic E-state index is 12.0. The highest BCUT2D eigenvalue weighted by molar-refractivity contribution is 5.80. The average Bonchev–Trinajstić information content (AvgIpc) is 2.38. The minimum absolute atomic E-state index is 0.108. The van der Waals surface area contributed by atoms with Crippen molar-refractivity contribution in [2.75, 3.05) is 19.6 Å². The molecule has 0 aliphatic carbocycles. The number of nitrogens with one attached hydrogen (secondary N) is 1. The average molecular weight is 258 g/mol. The summed E-state index contributed by atoms with van der Waals surface area (Å²) in [5.41, 5.74) is -1.69. The van der Waals surface area contributed by atoms with Crippen molar-refractivity contribution in [1.29, 1.82) is 0 Å². The number of carbonyl (C=O) groups excluding carboxylic acids is 1. The van der Waals surface area contributed by atoms with Gasteiger partial charge in [0.05, 0.1) is 6.54 Å². The second-order valence-corrected chi connectivity index (χ2v) is 5.82. The van der Waals surface area contributed by atoms with Gasteiger partial charge in [0.1, 0.15) is 11.1 Å². The maximum absolute atomic E-state index is 12.0. The molecular formula is C12H22N2O4. The molecule has 0 aromatic rings. The third kappa shape index (κ3) is 3.87. The largest absolute Gasteiger partial charge is 0.480 e. The number of carbonyl (C=O) groups is 2. The first-order valence-corrected chi connectivity index (χ1v) is 6.10. The summed E-state index contributed by atoms with van der Waals surface area (Å²) in [6.45, 7) is 8.13. The Morgan fingerprint density at radius 1 is 1.39 bits per heavy atom. The first kappa shape index (κ1) is 14.8.